The molecule has 112 valence electrons. The minimum absolute atomic E-state index is 0.229. The van der Waals surface area contributed by atoms with Gasteiger partial charge in [0, 0.05) is 13.0 Å². The van der Waals surface area contributed by atoms with Crippen LogP contribution in [0.3, 0.4) is 0 Å². The van der Waals surface area contributed by atoms with Gasteiger partial charge in [0.05, 0.1) is 6.26 Å². The van der Waals surface area contributed by atoms with E-state index in [4.69, 9.17) is 4.42 Å². The second-order valence-electron chi connectivity index (χ2n) is 5.69. The number of barbiturate groups is 1. The molecule has 2 aliphatic rings. The van der Waals surface area contributed by atoms with E-state index in [1.165, 1.54) is 0 Å². The first kappa shape index (κ1) is 13.9. The number of nitrogens with zero attached hydrogens (tertiary/aromatic N) is 1. The fourth-order valence-corrected chi connectivity index (χ4v) is 3.21. The summed E-state index contributed by atoms with van der Waals surface area (Å²) in [5.74, 6) is -0.0563. The predicted octanol–water partition coefficient (Wildman–Crippen LogP) is 1.85. The van der Waals surface area contributed by atoms with Gasteiger partial charge < -0.3 is 4.42 Å². The van der Waals surface area contributed by atoms with E-state index in [0.29, 0.717) is 25.0 Å². The Balaban J connectivity index is 1.77. The van der Waals surface area contributed by atoms with Gasteiger partial charge in [-0.25, -0.2) is 4.79 Å². The third-order valence-electron chi connectivity index (χ3n) is 4.42. The summed E-state index contributed by atoms with van der Waals surface area (Å²) in [6.07, 6.45) is 5.79. The second kappa shape index (κ2) is 5.35. The van der Waals surface area contributed by atoms with Crippen LogP contribution in [0.5, 0.6) is 0 Å². The predicted molar refractivity (Wildman–Crippen MR) is 73.2 cm³/mol. The quantitative estimate of drug-likeness (QED) is 0.862. The highest BCUT2D eigenvalue weighted by atomic mass is 16.3. The smallest absolute Gasteiger partial charge is 0.330 e. The molecule has 2 fully saturated rings. The van der Waals surface area contributed by atoms with Gasteiger partial charge in [-0.3, -0.25) is 19.8 Å². The SMILES string of the molecule is O=C1NC(=O)C2(CCCCC2)C(=O)N1CCc1ccco1. The monoisotopic (exact) mass is 290 g/mol. The summed E-state index contributed by atoms with van der Waals surface area (Å²) < 4.78 is 5.22. The normalized spacial score (nSPS) is 21.7. The standard InChI is InChI=1S/C15H18N2O4/c18-12-15(7-2-1-3-8-15)13(19)17(14(20)16-12)9-6-11-5-4-10-21-11/h4-5,10H,1-3,6-9H2,(H,16,18,20). The Labute approximate surface area is 122 Å². The number of furan rings is 1. The summed E-state index contributed by atoms with van der Waals surface area (Å²) in [6.45, 7) is 0.229. The van der Waals surface area contributed by atoms with E-state index >= 15 is 0 Å². The molecule has 4 amide bonds. The number of carbonyl (C=O) groups excluding carboxylic acids is 3. The van der Waals surface area contributed by atoms with Crippen molar-refractivity contribution >= 4 is 17.8 Å². The summed E-state index contributed by atoms with van der Waals surface area (Å²) in [7, 11) is 0. The molecule has 6 heteroatoms. The lowest BCUT2D eigenvalue weighted by Gasteiger charge is -2.41. The summed E-state index contributed by atoms with van der Waals surface area (Å²) in [4.78, 5) is 38.0. The Bertz CT molecular complexity index is 558. The van der Waals surface area contributed by atoms with Crippen LogP contribution in [0, 0.1) is 5.41 Å². The maximum Gasteiger partial charge on any atom is 0.330 e. The van der Waals surface area contributed by atoms with E-state index in [9.17, 15) is 14.4 Å². The number of hydrogen-bond donors (Lipinski definition) is 1. The first-order chi connectivity index (χ1) is 10.1. The van der Waals surface area contributed by atoms with Crippen molar-refractivity contribution in [3.63, 3.8) is 0 Å². The van der Waals surface area contributed by atoms with Gasteiger partial charge in [0.2, 0.25) is 11.8 Å². The van der Waals surface area contributed by atoms with Crippen LogP contribution in [-0.2, 0) is 16.0 Å². The Morgan fingerprint density at radius 3 is 2.62 bits per heavy atom. The molecule has 0 unspecified atom stereocenters. The van der Waals surface area contributed by atoms with Gasteiger partial charge in [-0.2, -0.15) is 0 Å². The molecule has 1 aliphatic heterocycles. The van der Waals surface area contributed by atoms with Crippen LogP contribution in [0.15, 0.2) is 22.8 Å². The van der Waals surface area contributed by atoms with Crippen molar-refractivity contribution < 1.29 is 18.8 Å². The number of carbonyl (C=O) groups is 3. The van der Waals surface area contributed by atoms with Crippen molar-refractivity contribution in [2.75, 3.05) is 6.54 Å². The number of rotatable bonds is 3. The van der Waals surface area contributed by atoms with E-state index in [1.807, 2.05) is 0 Å². The fourth-order valence-electron chi connectivity index (χ4n) is 3.21. The third-order valence-corrected chi connectivity index (χ3v) is 4.42. The van der Waals surface area contributed by atoms with Crippen molar-refractivity contribution in [2.45, 2.75) is 38.5 Å². The average molecular weight is 290 g/mol. The number of nitrogens with one attached hydrogen (secondary N) is 1. The van der Waals surface area contributed by atoms with Gasteiger partial charge in [0.15, 0.2) is 0 Å². The van der Waals surface area contributed by atoms with E-state index in [0.717, 1.165) is 24.2 Å². The Morgan fingerprint density at radius 2 is 1.95 bits per heavy atom. The van der Waals surface area contributed by atoms with Gasteiger partial charge >= 0.3 is 6.03 Å². The zero-order valence-corrected chi connectivity index (χ0v) is 11.8. The van der Waals surface area contributed by atoms with Crippen molar-refractivity contribution in [3.8, 4) is 0 Å². The van der Waals surface area contributed by atoms with Crippen LogP contribution in [0.4, 0.5) is 4.79 Å². The molecular formula is C15H18N2O4. The van der Waals surface area contributed by atoms with E-state index in [1.54, 1.807) is 18.4 Å². The molecule has 1 saturated carbocycles. The lowest BCUT2D eigenvalue weighted by Crippen LogP contribution is -2.64. The Kier molecular flexibility index (Phi) is 3.53. The lowest BCUT2D eigenvalue weighted by atomic mass is 9.71. The molecule has 1 aromatic heterocycles. The maximum absolute atomic E-state index is 12.7. The first-order valence-corrected chi connectivity index (χ1v) is 7.33. The topological polar surface area (TPSA) is 79.6 Å². The minimum atomic E-state index is -1.03. The molecule has 1 spiro atoms. The number of hydrogen-bond acceptors (Lipinski definition) is 4. The van der Waals surface area contributed by atoms with Crippen molar-refractivity contribution in [1.29, 1.82) is 0 Å². The lowest BCUT2D eigenvalue weighted by molar-refractivity contribution is -0.153. The van der Waals surface area contributed by atoms with Gasteiger partial charge in [0.1, 0.15) is 11.2 Å². The van der Waals surface area contributed by atoms with Crippen molar-refractivity contribution in [3.05, 3.63) is 24.2 Å². The Morgan fingerprint density at radius 1 is 1.19 bits per heavy atom. The van der Waals surface area contributed by atoms with Crippen LogP contribution in [0.2, 0.25) is 0 Å². The summed E-state index contributed by atoms with van der Waals surface area (Å²) in [5, 5.41) is 2.35. The third kappa shape index (κ3) is 2.34. The maximum atomic E-state index is 12.7. The molecule has 2 heterocycles. The molecule has 6 nitrogen and oxygen atoms in total. The zero-order valence-electron chi connectivity index (χ0n) is 11.8. The molecule has 0 aromatic carbocycles. The minimum Gasteiger partial charge on any atom is -0.469 e. The average Bonchev–Trinajstić information content (AvgIpc) is 3.00. The molecule has 0 atom stereocenters. The molecule has 1 N–H and O–H groups in total. The van der Waals surface area contributed by atoms with Crippen LogP contribution < -0.4 is 5.32 Å². The highest BCUT2D eigenvalue weighted by Gasteiger charge is 2.53. The molecule has 3 rings (SSSR count). The van der Waals surface area contributed by atoms with Crippen LogP contribution in [0.1, 0.15) is 37.9 Å². The summed E-state index contributed by atoms with van der Waals surface area (Å²) >= 11 is 0. The van der Waals surface area contributed by atoms with Crippen LogP contribution >= 0.6 is 0 Å². The number of imide groups is 2. The van der Waals surface area contributed by atoms with E-state index in [-0.39, 0.29) is 12.5 Å². The van der Waals surface area contributed by atoms with Gasteiger partial charge in [0.25, 0.3) is 0 Å². The number of urea groups is 1. The summed E-state index contributed by atoms with van der Waals surface area (Å²) in [6, 6.07) is 2.95. The Hall–Kier alpha value is -2.11. The largest absolute Gasteiger partial charge is 0.469 e. The molecule has 21 heavy (non-hydrogen) atoms. The molecule has 0 radical (unpaired) electrons. The van der Waals surface area contributed by atoms with E-state index < -0.39 is 17.4 Å². The van der Waals surface area contributed by atoms with Crippen molar-refractivity contribution in [2.24, 2.45) is 5.41 Å². The zero-order chi connectivity index (χ0) is 14.9. The van der Waals surface area contributed by atoms with E-state index in [2.05, 4.69) is 5.32 Å². The van der Waals surface area contributed by atoms with Gasteiger partial charge in [-0.1, -0.05) is 19.3 Å². The summed E-state index contributed by atoms with van der Waals surface area (Å²) in [5.41, 5.74) is -1.03. The highest BCUT2D eigenvalue weighted by Crippen LogP contribution is 2.40. The van der Waals surface area contributed by atoms with Crippen LogP contribution in [0.25, 0.3) is 0 Å². The highest BCUT2D eigenvalue weighted by molar-refractivity contribution is 6.19. The van der Waals surface area contributed by atoms with Gasteiger partial charge in [-0.15, -0.1) is 0 Å². The van der Waals surface area contributed by atoms with Crippen molar-refractivity contribution in [1.82, 2.24) is 10.2 Å². The molecular weight excluding hydrogens is 272 g/mol. The second-order valence-corrected chi connectivity index (χ2v) is 5.69. The molecule has 0 bridgehead atoms. The first-order valence-electron chi connectivity index (χ1n) is 7.33. The van der Waals surface area contributed by atoms with Crippen LogP contribution in [-0.4, -0.2) is 29.3 Å². The molecule has 1 aliphatic carbocycles. The molecule has 1 saturated heterocycles. The van der Waals surface area contributed by atoms with Gasteiger partial charge in [-0.05, 0) is 25.0 Å². The number of amides is 4. The molecule has 1 aromatic rings. The fraction of sp³-hybridized carbons (Fsp3) is 0.533.